The van der Waals surface area contributed by atoms with Crippen molar-refractivity contribution in [3.63, 3.8) is 0 Å². The van der Waals surface area contributed by atoms with Crippen LogP contribution in [0.5, 0.6) is 5.75 Å². The summed E-state index contributed by atoms with van der Waals surface area (Å²) in [6, 6.07) is 13.2. The minimum Gasteiger partial charge on any atom is -0.485 e. The number of carbonyl (C=O) groups excluding carboxylic acids is 1. The molecule has 0 saturated carbocycles. The smallest absolute Gasteiger partial charge is 0.337 e. The molecular formula is C22H27NO4. The predicted octanol–water partition coefficient (Wildman–Crippen LogP) is 3.40. The molecule has 0 radical (unpaired) electrons. The van der Waals surface area contributed by atoms with Crippen molar-refractivity contribution < 1.29 is 19.4 Å². The maximum Gasteiger partial charge on any atom is 0.337 e. The van der Waals surface area contributed by atoms with Crippen molar-refractivity contribution in [2.75, 3.05) is 7.11 Å². The first-order chi connectivity index (χ1) is 12.9. The lowest BCUT2D eigenvalue weighted by Crippen LogP contribution is -2.52. The maximum atomic E-state index is 11.9. The van der Waals surface area contributed by atoms with Gasteiger partial charge in [0.05, 0.1) is 18.7 Å². The Morgan fingerprint density at radius 1 is 1.19 bits per heavy atom. The van der Waals surface area contributed by atoms with Gasteiger partial charge >= 0.3 is 5.97 Å². The van der Waals surface area contributed by atoms with Crippen molar-refractivity contribution in [2.45, 2.75) is 51.5 Å². The number of esters is 1. The summed E-state index contributed by atoms with van der Waals surface area (Å²) in [5, 5.41) is 14.3. The van der Waals surface area contributed by atoms with E-state index in [1.165, 1.54) is 12.7 Å². The molecule has 5 heteroatoms. The van der Waals surface area contributed by atoms with E-state index in [0.29, 0.717) is 17.9 Å². The van der Waals surface area contributed by atoms with Gasteiger partial charge in [-0.1, -0.05) is 31.2 Å². The number of hydrogen-bond donors (Lipinski definition) is 2. The van der Waals surface area contributed by atoms with Gasteiger partial charge < -0.3 is 19.9 Å². The van der Waals surface area contributed by atoms with Gasteiger partial charge in [-0.2, -0.15) is 0 Å². The van der Waals surface area contributed by atoms with Gasteiger partial charge in [0.15, 0.2) is 0 Å². The molecule has 2 aromatic carbocycles. The summed E-state index contributed by atoms with van der Waals surface area (Å²) in [4.78, 5) is 11.9. The molecule has 0 aromatic heterocycles. The summed E-state index contributed by atoms with van der Waals surface area (Å²) < 4.78 is 10.8. The van der Waals surface area contributed by atoms with Crippen LogP contribution in [0.4, 0.5) is 0 Å². The first-order valence-electron chi connectivity index (χ1n) is 9.26. The van der Waals surface area contributed by atoms with E-state index in [-0.39, 0.29) is 6.04 Å². The third-order valence-corrected chi connectivity index (χ3v) is 5.12. The van der Waals surface area contributed by atoms with Crippen LogP contribution in [0, 0.1) is 0 Å². The Kier molecular flexibility index (Phi) is 5.53. The molecule has 2 aromatic rings. The molecule has 0 spiro atoms. The van der Waals surface area contributed by atoms with Gasteiger partial charge in [-0.05, 0) is 49.6 Å². The Morgan fingerprint density at radius 2 is 1.85 bits per heavy atom. The lowest BCUT2D eigenvalue weighted by atomic mass is 9.85. The van der Waals surface area contributed by atoms with Crippen LogP contribution in [0.15, 0.2) is 42.5 Å². The normalized spacial score (nSPS) is 20.5. The van der Waals surface area contributed by atoms with E-state index in [4.69, 9.17) is 9.47 Å². The Balaban J connectivity index is 1.88. The van der Waals surface area contributed by atoms with Gasteiger partial charge in [-0.3, -0.25) is 0 Å². The highest BCUT2D eigenvalue weighted by molar-refractivity contribution is 5.89. The fourth-order valence-electron chi connectivity index (χ4n) is 3.39. The lowest BCUT2D eigenvalue weighted by molar-refractivity contribution is -0.0649. The molecule has 0 amide bonds. The number of aliphatic hydroxyl groups is 1. The summed E-state index contributed by atoms with van der Waals surface area (Å²) in [5.74, 6) is 0.253. The molecule has 0 fully saturated rings. The van der Waals surface area contributed by atoms with Gasteiger partial charge in [0, 0.05) is 12.1 Å². The number of methoxy groups -OCH3 is 1. The number of nitrogens with one attached hydrogen (secondary N) is 1. The van der Waals surface area contributed by atoms with Crippen molar-refractivity contribution in [1.29, 1.82) is 0 Å². The average Bonchev–Trinajstić information content (AvgIpc) is 2.67. The number of carbonyl (C=O) groups is 1. The molecule has 0 unspecified atom stereocenters. The Hall–Kier alpha value is -2.37. The molecule has 1 heterocycles. The summed E-state index contributed by atoms with van der Waals surface area (Å²) >= 11 is 0. The monoisotopic (exact) mass is 369 g/mol. The zero-order valence-corrected chi connectivity index (χ0v) is 16.3. The highest BCUT2D eigenvalue weighted by Gasteiger charge is 2.42. The van der Waals surface area contributed by atoms with Crippen LogP contribution in [0.2, 0.25) is 0 Å². The zero-order chi connectivity index (χ0) is 19.6. The fraction of sp³-hybridized carbons (Fsp3) is 0.409. The van der Waals surface area contributed by atoms with Crippen LogP contribution in [0.25, 0.3) is 0 Å². The van der Waals surface area contributed by atoms with Gasteiger partial charge in [0.2, 0.25) is 0 Å². The molecule has 0 saturated heterocycles. The molecule has 3 rings (SSSR count). The Morgan fingerprint density at radius 3 is 2.48 bits per heavy atom. The average molecular weight is 369 g/mol. The third kappa shape index (κ3) is 3.99. The first kappa shape index (κ1) is 19.4. The molecule has 2 atom stereocenters. The van der Waals surface area contributed by atoms with Crippen molar-refractivity contribution in [1.82, 2.24) is 5.32 Å². The van der Waals surface area contributed by atoms with Crippen LogP contribution in [-0.4, -0.2) is 29.9 Å². The highest BCUT2D eigenvalue weighted by atomic mass is 16.5. The second-order valence-corrected chi connectivity index (χ2v) is 7.42. The molecule has 2 N–H and O–H groups in total. The summed E-state index contributed by atoms with van der Waals surface area (Å²) in [6.07, 6.45) is 0.234. The third-order valence-electron chi connectivity index (χ3n) is 5.12. The minimum absolute atomic E-state index is 0.362. The van der Waals surface area contributed by atoms with Crippen molar-refractivity contribution in [3.05, 3.63) is 64.7 Å². The van der Waals surface area contributed by atoms with E-state index in [9.17, 15) is 9.90 Å². The SMILES string of the molecule is CCc1ccc(CN[C@@H]2c3cc(C(=O)OC)ccc3OC(C)(C)[C@H]2O)cc1. The lowest BCUT2D eigenvalue weighted by Gasteiger charge is -2.42. The molecule has 0 bridgehead atoms. The number of aryl methyl sites for hydroxylation is 1. The van der Waals surface area contributed by atoms with E-state index in [0.717, 1.165) is 17.5 Å². The van der Waals surface area contributed by atoms with Crippen LogP contribution < -0.4 is 10.1 Å². The van der Waals surface area contributed by atoms with Gasteiger partial charge in [-0.25, -0.2) is 4.79 Å². The fourth-order valence-corrected chi connectivity index (χ4v) is 3.39. The molecule has 144 valence electrons. The number of ether oxygens (including phenoxy) is 2. The number of hydrogen-bond acceptors (Lipinski definition) is 5. The van der Waals surface area contributed by atoms with Crippen molar-refractivity contribution >= 4 is 5.97 Å². The highest BCUT2D eigenvalue weighted by Crippen LogP contribution is 2.40. The number of fused-ring (bicyclic) bond motifs is 1. The van der Waals surface area contributed by atoms with E-state index in [1.807, 2.05) is 13.8 Å². The number of benzene rings is 2. The van der Waals surface area contributed by atoms with Gasteiger partial charge in [0.25, 0.3) is 0 Å². The van der Waals surface area contributed by atoms with Crippen molar-refractivity contribution in [3.8, 4) is 5.75 Å². The van der Waals surface area contributed by atoms with Gasteiger partial charge in [0.1, 0.15) is 17.5 Å². The largest absolute Gasteiger partial charge is 0.485 e. The Bertz CT molecular complexity index is 814. The molecule has 0 aliphatic carbocycles. The molecule has 1 aliphatic rings. The second-order valence-electron chi connectivity index (χ2n) is 7.42. The van der Waals surface area contributed by atoms with Gasteiger partial charge in [-0.15, -0.1) is 0 Å². The minimum atomic E-state index is -0.771. The first-order valence-corrected chi connectivity index (χ1v) is 9.26. The predicted molar refractivity (Wildman–Crippen MR) is 104 cm³/mol. The molecule has 27 heavy (non-hydrogen) atoms. The summed E-state index contributed by atoms with van der Waals surface area (Å²) in [6.45, 7) is 6.45. The summed E-state index contributed by atoms with van der Waals surface area (Å²) in [5.41, 5.74) is 2.87. The van der Waals surface area contributed by atoms with Crippen LogP contribution in [-0.2, 0) is 17.7 Å². The number of aliphatic hydroxyl groups excluding tert-OH is 1. The van der Waals surface area contributed by atoms with E-state index < -0.39 is 17.7 Å². The van der Waals surface area contributed by atoms with Crippen LogP contribution in [0.1, 0.15) is 53.9 Å². The molecular weight excluding hydrogens is 342 g/mol. The zero-order valence-electron chi connectivity index (χ0n) is 16.3. The van der Waals surface area contributed by atoms with Crippen molar-refractivity contribution in [2.24, 2.45) is 0 Å². The standard InChI is InChI=1S/C22H27NO4/c1-5-14-6-8-15(9-7-14)13-23-19-17-12-16(21(25)26-4)10-11-18(17)27-22(2,3)20(19)24/h6-12,19-20,23-24H,5,13H2,1-4H3/t19-,20+/m1/s1. The van der Waals surface area contributed by atoms with Crippen LogP contribution >= 0.6 is 0 Å². The summed E-state index contributed by atoms with van der Waals surface area (Å²) in [7, 11) is 1.35. The van der Waals surface area contributed by atoms with E-state index >= 15 is 0 Å². The maximum absolute atomic E-state index is 11.9. The Labute approximate surface area is 160 Å². The van der Waals surface area contributed by atoms with Crippen LogP contribution in [0.3, 0.4) is 0 Å². The second kappa shape index (κ2) is 7.71. The number of rotatable bonds is 5. The molecule has 1 aliphatic heterocycles. The topological polar surface area (TPSA) is 67.8 Å². The molecule has 5 nitrogen and oxygen atoms in total. The van der Waals surface area contributed by atoms with E-state index in [1.54, 1.807) is 18.2 Å². The quantitative estimate of drug-likeness (QED) is 0.791. The van der Waals surface area contributed by atoms with E-state index in [2.05, 4.69) is 36.5 Å².